The van der Waals surface area contributed by atoms with E-state index in [9.17, 15) is 5.26 Å². The van der Waals surface area contributed by atoms with Gasteiger partial charge in [-0.3, -0.25) is 0 Å². The summed E-state index contributed by atoms with van der Waals surface area (Å²) in [4.78, 5) is 4.48. The SMILES string of the molecule is N#CC(c1ccc(Cl)nn1)c1nc2ccccc2s1. The van der Waals surface area contributed by atoms with Gasteiger partial charge in [0.25, 0.3) is 0 Å². The number of nitrogens with zero attached hydrogens (tertiary/aromatic N) is 4. The molecule has 0 aliphatic carbocycles. The minimum Gasteiger partial charge on any atom is -0.239 e. The van der Waals surface area contributed by atoms with E-state index in [0.29, 0.717) is 10.8 Å². The predicted molar refractivity (Wildman–Crippen MR) is 74.1 cm³/mol. The molecule has 1 aromatic carbocycles. The third-order valence-electron chi connectivity index (χ3n) is 2.63. The molecule has 6 heteroatoms. The first-order chi connectivity index (χ1) is 9.28. The topological polar surface area (TPSA) is 62.5 Å². The quantitative estimate of drug-likeness (QED) is 0.724. The van der Waals surface area contributed by atoms with Gasteiger partial charge in [-0.1, -0.05) is 23.7 Å². The van der Waals surface area contributed by atoms with E-state index in [1.807, 2.05) is 24.3 Å². The van der Waals surface area contributed by atoms with E-state index >= 15 is 0 Å². The molecule has 0 bridgehead atoms. The number of benzene rings is 1. The summed E-state index contributed by atoms with van der Waals surface area (Å²) < 4.78 is 1.06. The Balaban J connectivity index is 2.07. The number of hydrogen-bond donors (Lipinski definition) is 0. The van der Waals surface area contributed by atoms with Crippen LogP contribution >= 0.6 is 22.9 Å². The Bertz CT molecular complexity index is 727. The molecule has 0 saturated carbocycles. The molecular formula is C13H7ClN4S. The van der Waals surface area contributed by atoms with Gasteiger partial charge < -0.3 is 0 Å². The Kier molecular flexibility index (Phi) is 3.11. The zero-order valence-corrected chi connectivity index (χ0v) is 11.2. The van der Waals surface area contributed by atoms with Crippen LogP contribution in [0.3, 0.4) is 0 Å². The van der Waals surface area contributed by atoms with Gasteiger partial charge in [0.2, 0.25) is 0 Å². The van der Waals surface area contributed by atoms with Crippen molar-refractivity contribution in [3.8, 4) is 6.07 Å². The average molecular weight is 287 g/mol. The average Bonchev–Trinajstić information content (AvgIpc) is 2.85. The lowest BCUT2D eigenvalue weighted by Gasteiger charge is -2.03. The standard InChI is InChI=1S/C13H7ClN4S/c14-12-6-5-9(17-18-12)8(7-15)13-16-10-3-1-2-4-11(10)19-13/h1-6,8H. The fourth-order valence-electron chi connectivity index (χ4n) is 1.74. The van der Waals surface area contributed by atoms with E-state index < -0.39 is 5.92 Å². The van der Waals surface area contributed by atoms with Crippen LogP contribution in [-0.2, 0) is 0 Å². The van der Waals surface area contributed by atoms with Gasteiger partial charge in [-0.15, -0.1) is 16.4 Å². The molecule has 1 atom stereocenters. The van der Waals surface area contributed by atoms with Gasteiger partial charge in [0.1, 0.15) is 10.9 Å². The van der Waals surface area contributed by atoms with Gasteiger partial charge in [-0.05, 0) is 24.3 Å². The molecule has 4 nitrogen and oxygen atoms in total. The van der Waals surface area contributed by atoms with Crippen molar-refractivity contribution in [2.45, 2.75) is 5.92 Å². The summed E-state index contributed by atoms with van der Waals surface area (Å²) in [5, 5.41) is 18.1. The predicted octanol–water partition coefficient (Wildman–Crippen LogP) is 3.40. The number of para-hydroxylation sites is 1. The summed E-state index contributed by atoms with van der Waals surface area (Å²) in [5.41, 5.74) is 1.45. The lowest BCUT2D eigenvalue weighted by Crippen LogP contribution is -2.01. The minimum absolute atomic E-state index is 0.310. The van der Waals surface area contributed by atoms with Crippen molar-refractivity contribution in [2.75, 3.05) is 0 Å². The second-order valence-corrected chi connectivity index (χ2v) is 5.31. The van der Waals surface area contributed by atoms with Crippen molar-refractivity contribution in [1.29, 1.82) is 5.26 Å². The summed E-state index contributed by atoms with van der Waals surface area (Å²) >= 11 is 7.19. The number of nitriles is 1. The third-order valence-corrected chi connectivity index (χ3v) is 3.94. The second-order valence-electron chi connectivity index (χ2n) is 3.86. The molecule has 92 valence electrons. The number of aromatic nitrogens is 3. The van der Waals surface area contributed by atoms with E-state index in [1.54, 1.807) is 12.1 Å². The summed E-state index contributed by atoms with van der Waals surface area (Å²) in [6.07, 6.45) is 0. The molecule has 0 fully saturated rings. The zero-order chi connectivity index (χ0) is 13.2. The first-order valence-electron chi connectivity index (χ1n) is 5.52. The number of halogens is 1. The summed E-state index contributed by atoms with van der Waals surface area (Å²) in [5.74, 6) is -0.512. The fourth-order valence-corrected chi connectivity index (χ4v) is 2.87. The molecule has 0 aliphatic heterocycles. The van der Waals surface area contributed by atoms with Crippen LogP contribution in [0.1, 0.15) is 16.6 Å². The van der Waals surface area contributed by atoms with Gasteiger partial charge in [0, 0.05) is 0 Å². The maximum atomic E-state index is 9.34. The Labute approximate surface area is 118 Å². The fraction of sp³-hybridized carbons (Fsp3) is 0.0769. The molecule has 0 spiro atoms. The largest absolute Gasteiger partial charge is 0.239 e. The molecule has 19 heavy (non-hydrogen) atoms. The molecule has 3 aromatic rings. The van der Waals surface area contributed by atoms with Crippen LogP contribution in [-0.4, -0.2) is 15.2 Å². The maximum Gasteiger partial charge on any atom is 0.151 e. The van der Waals surface area contributed by atoms with Crippen LogP contribution in [0.15, 0.2) is 36.4 Å². The first kappa shape index (κ1) is 12.0. The molecule has 1 unspecified atom stereocenters. The highest BCUT2D eigenvalue weighted by atomic mass is 35.5. The molecular weight excluding hydrogens is 280 g/mol. The highest BCUT2D eigenvalue weighted by molar-refractivity contribution is 7.18. The molecule has 0 saturated heterocycles. The molecule has 0 N–H and O–H groups in total. The van der Waals surface area contributed by atoms with E-state index in [2.05, 4.69) is 21.3 Å². The monoisotopic (exact) mass is 286 g/mol. The summed E-state index contributed by atoms with van der Waals surface area (Å²) in [7, 11) is 0. The number of thiazole rings is 1. The van der Waals surface area contributed by atoms with Crippen LogP contribution in [0.4, 0.5) is 0 Å². The van der Waals surface area contributed by atoms with Crippen molar-refractivity contribution < 1.29 is 0 Å². The second kappa shape index (κ2) is 4.92. The normalized spacial score (nSPS) is 12.2. The highest BCUT2D eigenvalue weighted by Crippen LogP contribution is 2.30. The summed E-state index contributed by atoms with van der Waals surface area (Å²) in [6, 6.07) is 13.3. The minimum atomic E-state index is -0.512. The third kappa shape index (κ3) is 2.28. The summed E-state index contributed by atoms with van der Waals surface area (Å²) in [6.45, 7) is 0. The van der Waals surface area contributed by atoms with E-state index in [-0.39, 0.29) is 0 Å². The molecule has 0 aliphatic rings. The van der Waals surface area contributed by atoms with E-state index in [1.165, 1.54) is 11.3 Å². The number of rotatable bonds is 2. The van der Waals surface area contributed by atoms with E-state index in [4.69, 9.17) is 11.6 Å². The van der Waals surface area contributed by atoms with Gasteiger partial charge in [0.05, 0.1) is 22.0 Å². The van der Waals surface area contributed by atoms with Crippen LogP contribution in [0.2, 0.25) is 5.15 Å². The van der Waals surface area contributed by atoms with Crippen LogP contribution < -0.4 is 0 Å². The van der Waals surface area contributed by atoms with Crippen molar-refractivity contribution in [3.63, 3.8) is 0 Å². The van der Waals surface area contributed by atoms with Crippen molar-refractivity contribution in [3.05, 3.63) is 52.3 Å². The highest BCUT2D eigenvalue weighted by Gasteiger charge is 2.19. The Hall–Kier alpha value is -2.03. The molecule has 2 heterocycles. The van der Waals surface area contributed by atoms with Gasteiger partial charge >= 0.3 is 0 Å². The first-order valence-corrected chi connectivity index (χ1v) is 6.71. The van der Waals surface area contributed by atoms with Crippen LogP contribution in [0, 0.1) is 11.3 Å². The lowest BCUT2D eigenvalue weighted by atomic mass is 10.1. The lowest BCUT2D eigenvalue weighted by molar-refractivity contribution is 0.879. The van der Waals surface area contributed by atoms with Crippen molar-refractivity contribution in [1.82, 2.24) is 15.2 Å². The molecule has 3 rings (SSSR count). The smallest absolute Gasteiger partial charge is 0.151 e. The Morgan fingerprint density at radius 3 is 2.68 bits per heavy atom. The molecule has 0 amide bonds. The van der Waals surface area contributed by atoms with Gasteiger partial charge in [0.15, 0.2) is 5.15 Å². The van der Waals surface area contributed by atoms with Crippen LogP contribution in [0.5, 0.6) is 0 Å². The maximum absolute atomic E-state index is 9.34. The number of fused-ring (bicyclic) bond motifs is 1. The number of hydrogen-bond acceptors (Lipinski definition) is 5. The van der Waals surface area contributed by atoms with E-state index in [0.717, 1.165) is 15.2 Å². The Morgan fingerprint density at radius 1 is 1.16 bits per heavy atom. The van der Waals surface area contributed by atoms with Crippen LogP contribution in [0.25, 0.3) is 10.2 Å². The molecule has 0 radical (unpaired) electrons. The van der Waals surface area contributed by atoms with Crippen molar-refractivity contribution in [2.24, 2.45) is 0 Å². The van der Waals surface area contributed by atoms with Gasteiger partial charge in [-0.25, -0.2) is 4.98 Å². The van der Waals surface area contributed by atoms with Gasteiger partial charge in [-0.2, -0.15) is 10.4 Å². The Morgan fingerprint density at radius 2 is 2.00 bits per heavy atom. The zero-order valence-electron chi connectivity index (χ0n) is 9.62. The van der Waals surface area contributed by atoms with Crippen molar-refractivity contribution >= 4 is 33.2 Å². The molecule has 2 aromatic heterocycles.